The van der Waals surface area contributed by atoms with Gasteiger partial charge in [-0.05, 0) is 34.5 Å². The predicted octanol–water partition coefficient (Wildman–Crippen LogP) is 3.19. The molecule has 3 aromatic heterocycles. The molecule has 3 aromatic rings. The molecule has 1 aliphatic heterocycles. The summed E-state index contributed by atoms with van der Waals surface area (Å²) in [4.78, 5) is 11.1. The molecule has 0 amide bonds. The highest BCUT2D eigenvalue weighted by Gasteiger charge is 2.22. The first-order chi connectivity index (χ1) is 12.4. The van der Waals surface area contributed by atoms with Gasteiger partial charge in [-0.2, -0.15) is 11.3 Å². The minimum atomic E-state index is 0.442. The van der Waals surface area contributed by atoms with Gasteiger partial charge in [-0.25, -0.2) is 4.98 Å². The normalized spacial score (nSPS) is 18.0. The molecule has 0 fully saturated rings. The topological polar surface area (TPSA) is 43.2 Å². The number of fused-ring (bicyclic) bond motifs is 1. The smallest absolute Gasteiger partial charge is 0.0948 e. The Bertz CT molecular complexity index is 772. The van der Waals surface area contributed by atoms with Gasteiger partial charge >= 0.3 is 0 Å². The van der Waals surface area contributed by atoms with E-state index in [4.69, 9.17) is 4.74 Å². The Morgan fingerprint density at radius 1 is 1.24 bits per heavy atom. The van der Waals surface area contributed by atoms with Crippen LogP contribution in [0.5, 0.6) is 0 Å². The number of thiophene rings is 1. The summed E-state index contributed by atoms with van der Waals surface area (Å²) in [5, 5.41) is 4.37. The first-order valence-electron chi connectivity index (χ1n) is 8.57. The van der Waals surface area contributed by atoms with Crippen molar-refractivity contribution in [2.75, 3.05) is 13.2 Å². The summed E-state index contributed by atoms with van der Waals surface area (Å²) in [6.07, 6.45) is 5.73. The van der Waals surface area contributed by atoms with E-state index in [0.29, 0.717) is 12.5 Å². The average molecular weight is 354 g/mol. The van der Waals surface area contributed by atoms with Crippen molar-refractivity contribution in [3.05, 3.63) is 70.7 Å². The Labute approximate surface area is 151 Å². The SMILES string of the molecule is c1ccc(COC[C@H]2CN(Cc3ccsc3)Cc3cncn3C2)nc1. The Kier molecular flexibility index (Phi) is 5.20. The van der Waals surface area contributed by atoms with Crippen LogP contribution in [0.1, 0.15) is 17.0 Å². The molecule has 0 radical (unpaired) electrons. The zero-order valence-electron chi connectivity index (χ0n) is 14.1. The van der Waals surface area contributed by atoms with Crippen LogP contribution in [0.15, 0.2) is 53.7 Å². The van der Waals surface area contributed by atoms with Crippen LogP contribution in [-0.2, 0) is 31.0 Å². The number of imidazole rings is 1. The van der Waals surface area contributed by atoms with E-state index < -0.39 is 0 Å². The van der Waals surface area contributed by atoms with Gasteiger partial charge in [-0.3, -0.25) is 9.88 Å². The number of aromatic nitrogens is 3. The highest BCUT2D eigenvalue weighted by molar-refractivity contribution is 7.07. The highest BCUT2D eigenvalue weighted by atomic mass is 32.1. The van der Waals surface area contributed by atoms with Gasteiger partial charge in [-0.15, -0.1) is 0 Å². The molecule has 0 N–H and O–H groups in total. The monoisotopic (exact) mass is 354 g/mol. The molecule has 5 nitrogen and oxygen atoms in total. The molecule has 0 saturated carbocycles. The largest absolute Gasteiger partial charge is 0.375 e. The molecular formula is C19H22N4OS. The second-order valence-electron chi connectivity index (χ2n) is 6.54. The predicted molar refractivity (Wildman–Crippen MR) is 98.0 cm³/mol. The van der Waals surface area contributed by atoms with Gasteiger partial charge in [0.05, 0.1) is 30.9 Å². The lowest BCUT2D eigenvalue weighted by Crippen LogP contribution is -2.29. The summed E-state index contributed by atoms with van der Waals surface area (Å²) in [7, 11) is 0. The van der Waals surface area contributed by atoms with Crippen LogP contribution in [0.4, 0.5) is 0 Å². The van der Waals surface area contributed by atoms with Crippen LogP contribution >= 0.6 is 11.3 Å². The lowest BCUT2D eigenvalue weighted by atomic mass is 10.1. The highest BCUT2D eigenvalue weighted by Crippen LogP contribution is 2.20. The zero-order valence-corrected chi connectivity index (χ0v) is 14.9. The molecular weight excluding hydrogens is 332 g/mol. The number of hydrogen-bond donors (Lipinski definition) is 0. The summed E-state index contributed by atoms with van der Waals surface area (Å²) < 4.78 is 8.24. The Morgan fingerprint density at radius 2 is 2.24 bits per heavy atom. The van der Waals surface area contributed by atoms with Gasteiger partial charge in [0.2, 0.25) is 0 Å². The van der Waals surface area contributed by atoms with Crippen molar-refractivity contribution >= 4 is 11.3 Å². The standard InChI is InChI=1S/C19H22N4OS/c1-2-5-21-18(3-1)13-24-12-17-9-22(8-16-4-6-25-14-16)11-19-7-20-15-23(19)10-17/h1-7,14-15,17H,8-13H2/t17-/m0/s1. The molecule has 0 unspecified atom stereocenters. The molecule has 0 aliphatic carbocycles. The van der Waals surface area contributed by atoms with E-state index in [2.05, 4.69) is 36.3 Å². The van der Waals surface area contributed by atoms with Crippen molar-refractivity contribution in [2.24, 2.45) is 5.92 Å². The summed E-state index contributed by atoms with van der Waals surface area (Å²) in [6, 6.07) is 8.14. The molecule has 130 valence electrons. The van der Waals surface area contributed by atoms with Gasteiger partial charge in [0.15, 0.2) is 0 Å². The maximum atomic E-state index is 5.97. The Hall–Kier alpha value is -2.02. The maximum absolute atomic E-state index is 5.97. The van der Waals surface area contributed by atoms with Crippen LogP contribution in [0.3, 0.4) is 0 Å². The van der Waals surface area contributed by atoms with Gasteiger partial charge in [0.1, 0.15) is 0 Å². The van der Waals surface area contributed by atoms with Crippen molar-refractivity contribution in [2.45, 2.75) is 26.2 Å². The fourth-order valence-corrected chi connectivity index (χ4v) is 3.98. The third-order valence-electron chi connectivity index (χ3n) is 4.47. The van der Waals surface area contributed by atoms with E-state index in [1.54, 1.807) is 11.3 Å². The van der Waals surface area contributed by atoms with E-state index in [0.717, 1.165) is 38.5 Å². The molecule has 4 heterocycles. The second kappa shape index (κ2) is 7.91. The number of nitrogens with zero attached hydrogens (tertiary/aromatic N) is 4. The van der Waals surface area contributed by atoms with Crippen LogP contribution in [0.25, 0.3) is 0 Å². The molecule has 1 atom stereocenters. The Morgan fingerprint density at radius 3 is 3.08 bits per heavy atom. The van der Waals surface area contributed by atoms with Crippen molar-refractivity contribution in [3.63, 3.8) is 0 Å². The molecule has 0 aromatic carbocycles. The number of pyridine rings is 1. The average Bonchev–Trinajstić information content (AvgIpc) is 3.25. The van der Waals surface area contributed by atoms with E-state index in [9.17, 15) is 0 Å². The summed E-state index contributed by atoms with van der Waals surface area (Å²) in [5.74, 6) is 0.442. The van der Waals surface area contributed by atoms with Gasteiger partial charge < -0.3 is 9.30 Å². The quantitative estimate of drug-likeness (QED) is 0.682. The van der Waals surface area contributed by atoms with Crippen molar-refractivity contribution in [1.29, 1.82) is 0 Å². The summed E-state index contributed by atoms with van der Waals surface area (Å²) >= 11 is 1.76. The van der Waals surface area contributed by atoms with E-state index in [1.807, 2.05) is 36.9 Å². The molecule has 25 heavy (non-hydrogen) atoms. The number of rotatable bonds is 6. The summed E-state index contributed by atoms with van der Waals surface area (Å²) in [5.41, 5.74) is 3.64. The van der Waals surface area contributed by atoms with Crippen LogP contribution < -0.4 is 0 Å². The first kappa shape index (κ1) is 16.4. The van der Waals surface area contributed by atoms with Crippen molar-refractivity contribution in [3.8, 4) is 0 Å². The fourth-order valence-electron chi connectivity index (χ4n) is 3.32. The summed E-state index contributed by atoms with van der Waals surface area (Å²) in [6.45, 7) is 5.20. The first-order valence-corrected chi connectivity index (χ1v) is 9.51. The van der Waals surface area contributed by atoms with E-state index >= 15 is 0 Å². The number of ether oxygens (including phenoxy) is 1. The van der Waals surface area contributed by atoms with Crippen molar-refractivity contribution in [1.82, 2.24) is 19.4 Å². The maximum Gasteiger partial charge on any atom is 0.0948 e. The molecule has 6 heteroatoms. The van der Waals surface area contributed by atoms with Crippen LogP contribution in [0, 0.1) is 5.92 Å². The lowest BCUT2D eigenvalue weighted by Gasteiger charge is -2.23. The molecule has 0 spiro atoms. The van der Waals surface area contributed by atoms with E-state index in [-0.39, 0.29) is 0 Å². The molecule has 0 saturated heterocycles. The van der Waals surface area contributed by atoms with Crippen LogP contribution in [0.2, 0.25) is 0 Å². The van der Waals surface area contributed by atoms with Crippen LogP contribution in [-0.4, -0.2) is 32.6 Å². The minimum absolute atomic E-state index is 0.442. The van der Waals surface area contributed by atoms with Gasteiger partial charge in [0, 0.05) is 44.5 Å². The van der Waals surface area contributed by atoms with Gasteiger partial charge in [-0.1, -0.05) is 6.07 Å². The minimum Gasteiger partial charge on any atom is -0.375 e. The third-order valence-corrected chi connectivity index (χ3v) is 5.20. The van der Waals surface area contributed by atoms with E-state index in [1.165, 1.54) is 11.3 Å². The van der Waals surface area contributed by atoms with Gasteiger partial charge in [0.25, 0.3) is 0 Å². The third kappa shape index (κ3) is 4.34. The Balaban J connectivity index is 1.40. The second-order valence-corrected chi connectivity index (χ2v) is 7.32. The zero-order chi connectivity index (χ0) is 16.9. The molecule has 4 rings (SSSR count). The molecule has 1 aliphatic rings. The van der Waals surface area contributed by atoms with Crippen molar-refractivity contribution < 1.29 is 4.74 Å². The fraction of sp³-hybridized carbons (Fsp3) is 0.368. The molecule has 0 bridgehead atoms. The number of hydrogen-bond acceptors (Lipinski definition) is 5. The lowest BCUT2D eigenvalue weighted by molar-refractivity contribution is 0.0649.